The van der Waals surface area contributed by atoms with Crippen LogP contribution in [0.1, 0.15) is 44.6 Å². The van der Waals surface area contributed by atoms with E-state index in [0.29, 0.717) is 11.6 Å². The maximum Gasteiger partial charge on any atom is 0.242 e. The molecule has 1 fully saturated rings. The molecule has 0 radical (unpaired) electrons. The minimum absolute atomic E-state index is 0.0258. The van der Waals surface area contributed by atoms with Gasteiger partial charge >= 0.3 is 0 Å². The minimum Gasteiger partial charge on any atom is -0.352 e. The maximum absolute atomic E-state index is 13.1. The lowest BCUT2D eigenvalue weighted by molar-refractivity contribution is -0.138. The monoisotopic (exact) mass is 458 g/mol. The number of hydrogen-bond acceptors (Lipinski definition) is 3. The van der Waals surface area contributed by atoms with E-state index < -0.39 is 6.04 Å². The number of carbonyl (C=O) groups is 2. The van der Waals surface area contributed by atoms with Gasteiger partial charge in [-0.05, 0) is 56.0 Å². The summed E-state index contributed by atoms with van der Waals surface area (Å²) >= 11 is 7.42. The number of nitrogens with zero attached hydrogens (tertiary/aromatic N) is 1. The van der Waals surface area contributed by atoms with Crippen molar-refractivity contribution in [2.75, 3.05) is 12.3 Å². The Morgan fingerprint density at radius 2 is 1.74 bits per heavy atom. The number of thioether (sulfide) groups is 1. The molecule has 0 heterocycles. The molecule has 2 aromatic carbocycles. The lowest BCUT2D eigenvalue weighted by Crippen LogP contribution is -2.51. The third-order valence-electron chi connectivity index (χ3n) is 5.78. The molecule has 0 bridgehead atoms. The quantitative estimate of drug-likeness (QED) is 0.516. The highest BCUT2D eigenvalue weighted by Crippen LogP contribution is 2.22. The Morgan fingerprint density at radius 1 is 1.06 bits per heavy atom. The lowest BCUT2D eigenvalue weighted by Gasteiger charge is -2.31. The summed E-state index contributed by atoms with van der Waals surface area (Å²) in [6.45, 7) is 2.36. The third-order valence-corrected chi connectivity index (χ3v) is 7.03. The summed E-state index contributed by atoms with van der Waals surface area (Å²) < 4.78 is 0. The summed E-state index contributed by atoms with van der Waals surface area (Å²) in [5, 5.41) is 3.85. The topological polar surface area (TPSA) is 49.4 Å². The average molecular weight is 459 g/mol. The first-order valence-electron chi connectivity index (χ1n) is 11.0. The van der Waals surface area contributed by atoms with Gasteiger partial charge in [-0.3, -0.25) is 9.59 Å². The molecule has 2 aromatic rings. The van der Waals surface area contributed by atoms with E-state index in [1.807, 2.05) is 49.4 Å². The molecule has 31 heavy (non-hydrogen) atoms. The molecule has 1 aliphatic rings. The Balaban J connectivity index is 1.63. The predicted octanol–water partition coefficient (Wildman–Crippen LogP) is 5.34. The Labute approximate surface area is 194 Å². The summed E-state index contributed by atoms with van der Waals surface area (Å²) in [4.78, 5) is 28.8. The number of hydrogen-bond donors (Lipinski definition) is 1. The van der Waals surface area contributed by atoms with Crippen LogP contribution in [0, 0.1) is 0 Å². The van der Waals surface area contributed by atoms with Crippen molar-refractivity contribution in [2.45, 2.75) is 62.4 Å². The summed E-state index contributed by atoms with van der Waals surface area (Å²) in [5.74, 6) is 0.212. The van der Waals surface area contributed by atoms with Crippen LogP contribution >= 0.6 is 23.4 Å². The fourth-order valence-corrected chi connectivity index (χ4v) is 4.81. The fourth-order valence-electron chi connectivity index (χ4n) is 3.90. The Kier molecular flexibility index (Phi) is 9.29. The summed E-state index contributed by atoms with van der Waals surface area (Å²) in [6.07, 6.45) is 6.35. The SMILES string of the molecule is C[C@@H](C(=O)NC1CCCCC1)N(CCc1ccccc1)C(=O)CSc1ccc(Cl)cc1. The number of carbonyl (C=O) groups excluding carboxylic acids is 2. The van der Waals surface area contributed by atoms with Crippen molar-refractivity contribution in [1.82, 2.24) is 10.2 Å². The van der Waals surface area contributed by atoms with Crippen molar-refractivity contribution in [3.05, 3.63) is 65.2 Å². The predicted molar refractivity (Wildman–Crippen MR) is 129 cm³/mol. The Hall–Kier alpha value is -1.98. The molecule has 2 amide bonds. The number of nitrogens with one attached hydrogen (secondary N) is 1. The van der Waals surface area contributed by atoms with Crippen LogP contribution in [-0.2, 0) is 16.0 Å². The van der Waals surface area contributed by atoms with Crippen LogP contribution in [0.2, 0.25) is 5.02 Å². The van der Waals surface area contributed by atoms with Crippen molar-refractivity contribution in [3.63, 3.8) is 0 Å². The van der Waals surface area contributed by atoms with Gasteiger partial charge in [0.25, 0.3) is 0 Å². The second kappa shape index (κ2) is 12.2. The summed E-state index contributed by atoms with van der Waals surface area (Å²) in [6, 6.07) is 17.3. The summed E-state index contributed by atoms with van der Waals surface area (Å²) in [5.41, 5.74) is 1.16. The summed E-state index contributed by atoms with van der Waals surface area (Å²) in [7, 11) is 0. The van der Waals surface area contributed by atoms with E-state index in [0.717, 1.165) is 42.6 Å². The van der Waals surface area contributed by atoms with Gasteiger partial charge < -0.3 is 10.2 Å². The first-order valence-corrected chi connectivity index (χ1v) is 12.4. The molecule has 166 valence electrons. The minimum atomic E-state index is -0.496. The first kappa shape index (κ1) is 23.7. The second-order valence-electron chi connectivity index (χ2n) is 8.08. The van der Waals surface area contributed by atoms with Crippen LogP contribution in [0.4, 0.5) is 0 Å². The number of rotatable bonds is 9. The van der Waals surface area contributed by atoms with Gasteiger partial charge in [0.2, 0.25) is 11.8 Å². The van der Waals surface area contributed by atoms with Crippen molar-refractivity contribution in [3.8, 4) is 0 Å². The fraction of sp³-hybridized carbons (Fsp3) is 0.440. The number of halogens is 1. The smallest absolute Gasteiger partial charge is 0.242 e. The standard InChI is InChI=1S/C25H31ClN2O2S/c1-19(25(30)27-22-10-6-3-7-11-22)28(17-16-20-8-4-2-5-9-20)24(29)18-31-23-14-12-21(26)13-15-23/h2,4-5,8-9,12-15,19,22H,3,6-7,10-11,16-18H2,1H3,(H,27,30)/t19-/m0/s1. The Morgan fingerprint density at radius 3 is 2.42 bits per heavy atom. The van der Waals surface area contributed by atoms with E-state index in [1.54, 1.807) is 4.90 Å². The van der Waals surface area contributed by atoms with Crippen LogP contribution in [0.25, 0.3) is 0 Å². The van der Waals surface area contributed by atoms with Crippen molar-refractivity contribution in [1.29, 1.82) is 0 Å². The zero-order valence-corrected chi connectivity index (χ0v) is 19.6. The Bertz CT molecular complexity index is 838. The molecule has 0 spiro atoms. The molecule has 4 nitrogen and oxygen atoms in total. The van der Waals surface area contributed by atoms with E-state index in [1.165, 1.54) is 18.2 Å². The first-order chi connectivity index (χ1) is 15.0. The lowest BCUT2D eigenvalue weighted by atomic mass is 9.95. The second-order valence-corrected chi connectivity index (χ2v) is 9.57. The van der Waals surface area contributed by atoms with Crippen LogP contribution in [-0.4, -0.2) is 41.1 Å². The van der Waals surface area contributed by atoms with Crippen LogP contribution in [0.5, 0.6) is 0 Å². The molecule has 1 saturated carbocycles. The van der Waals surface area contributed by atoms with Gasteiger partial charge in [-0.15, -0.1) is 11.8 Å². The third kappa shape index (κ3) is 7.58. The van der Waals surface area contributed by atoms with Crippen molar-refractivity contribution < 1.29 is 9.59 Å². The van der Waals surface area contributed by atoms with Gasteiger partial charge in [-0.25, -0.2) is 0 Å². The van der Waals surface area contributed by atoms with Crippen LogP contribution < -0.4 is 5.32 Å². The largest absolute Gasteiger partial charge is 0.352 e. The van der Waals surface area contributed by atoms with Crippen molar-refractivity contribution in [2.24, 2.45) is 0 Å². The molecule has 3 rings (SSSR count). The molecule has 0 aliphatic heterocycles. The highest BCUT2D eigenvalue weighted by Gasteiger charge is 2.27. The van der Waals surface area contributed by atoms with E-state index in [-0.39, 0.29) is 23.6 Å². The molecular formula is C25H31ClN2O2S. The molecule has 1 aliphatic carbocycles. The van der Waals surface area contributed by atoms with Gasteiger partial charge in [0, 0.05) is 22.5 Å². The normalized spacial score (nSPS) is 15.3. The van der Waals surface area contributed by atoms with E-state index in [4.69, 9.17) is 11.6 Å². The maximum atomic E-state index is 13.1. The highest BCUT2D eigenvalue weighted by atomic mass is 35.5. The number of amides is 2. The van der Waals surface area contributed by atoms with Gasteiger partial charge in [0.1, 0.15) is 6.04 Å². The molecule has 6 heteroatoms. The molecule has 0 saturated heterocycles. The highest BCUT2D eigenvalue weighted by molar-refractivity contribution is 8.00. The van der Waals surface area contributed by atoms with E-state index in [2.05, 4.69) is 17.4 Å². The molecule has 1 N–H and O–H groups in total. The average Bonchev–Trinajstić information content (AvgIpc) is 2.80. The number of benzene rings is 2. The van der Waals surface area contributed by atoms with Gasteiger partial charge in [-0.2, -0.15) is 0 Å². The zero-order chi connectivity index (χ0) is 22.1. The molecule has 0 unspecified atom stereocenters. The van der Waals surface area contributed by atoms with Gasteiger partial charge in [0.05, 0.1) is 5.75 Å². The van der Waals surface area contributed by atoms with Crippen molar-refractivity contribution >= 4 is 35.2 Å². The van der Waals surface area contributed by atoms with Crippen LogP contribution in [0.3, 0.4) is 0 Å². The van der Waals surface area contributed by atoms with E-state index in [9.17, 15) is 9.59 Å². The zero-order valence-electron chi connectivity index (χ0n) is 18.1. The van der Waals surface area contributed by atoms with Gasteiger partial charge in [0.15, 0.2) is 0 Å². The molecular weight excluding hydrogens is 428 g/mol. The van der Waals surface area contributed by atoms with E-state index >= 15 is 0 Å². The van der Waals surface area contributed by atoms with Crippen LogP contribution in [0.15, 0.2) is 59.5 Å². The molecule has 1 atom stereocenters. The molecule has 0 aromatic heterocycles. The van der Waals surface area contributed by atoms with Gasteiger partial charge in [-0.1, -0.05) is 61.2 Å².